The zero-order chi connectivity index (χ0) is 11.4. The topological polar surface area (TPSA) is 29.9 Å². The Labute approximate surface area is 98.3 Å². The van der Waals surface area contributed by atoms with Crippen molar-refractivity contribution in [2.24, 2.45) is 11.8 Å². The Morgan fingerprint density at radius 2 is 2.25 bits per heavy atom. The number of imidazole rings is 1. The van der Waals surface area contributed by atoms with E-state index in [2.05, 4.69) is 28.7 Å². The average Bonchev–Trinajstić information content (AvgIpc) is 2.66. The van der Waals surface area contributed by atoms with Gasteiger partial charge in [0.15, 0.2) is 0 Å². The molecular weight excluding hydrogens is 198 g/mol. The molecule has 2 rings (SSSR count). The molecule has 16 heavy (non-hydrogen) atoms. The van der Waals surface area contributed by atoms with Gasteiger partial charge in [-0.2, -0.15) is 0 Å². The maximum Gasteiger partial charge on any atom is 0.0945 e. The van der Waals surface area contributed by atoms with E-state index in [1.54, 1.807) is 0 Å². The number of nitrogens with zero attached hydrogens (tertiary/aromatic N) is 2. The maximum atomic E-state index is 4.04. The SMILES string of the molecule is CC(C)C1CC(NCCCn2ccnc2)C1. The first-order valence-electron chi connectivity index (χ1n) is 6.45. The summed E-state index contributed by atoms with van der Waals surface area (Å²) in [7, 11) is 0. The zero-order valence-electron chi connectivity index (χ0n) is 10.4. The summed E-state index contributed by atoms with van der Waals surface area (Å²) in [6, 6.07) is 0.787. The lowest BCUT2D eigenvalue weighted by Gasteiger charge is -2.38. The number of aryl methyl sites for hydroxylation is 1. The molecule has 1 N–H and O–H groups in total. The van der Waals surface area contributed by atoms with Crippen LogP contribution in [0.2, 0.25) is 0 Å². The highest BCUT2D eigenvalue weighted by molar-refractivity contribution is 4.86. The van der Waals surface area contributed by atoms with Crippen molar-refractivity contribution in [3.63, 3.8) is 0 Å². The molecule has 1 aliphatic rings. The second-order valence-electron chi connectivity index (χ2n) is 5.28. The van der Waals surface area contributed by atoms with Gasteiger partial charge in [0.25, 0.3) is 0 Å². The highest BCUT2D eigenvalue weighted by Gasteiger charge is 2.30. The molecule has 0 bridgehead atoms. The summed E-state index contributed by atoms with van der Waals surface area (Å²) in [6.45, 7) is 6.88. The van der Waals surface area contributed by atoms with Gasteiger partial charge in [0.2, 0.25) is 0 Å². The normalized spacial score (nSPS) is 24.7. The molecule has 1 aromatic heterocycles. The molecule has 0 radical (unpaired) electrons. The fraction of sp³-hybridized carbons (Fsp3) is 0.769. The summed E-state index contributed by atoms with van der Waals surface area (Å²) in [5.74, 6) is 1.83. The second kappa shape index (κ2) is 5.48. The largest absolute Gasteiger partial charge is 0.337 e. The molecule has 1 aromatic rings. The van der Waals surface area contributed by atoms with E-state index in [4.69, 9.17) is 0 Å². The fourth-order valence-electron chi connectivity index (χ4n) is 2.36. The lowest BCUT2D eigenvalue weighted by molar-refractivity contribution is 0.168. The van der Waals surface area contributed by atoms with Crippen LogP contribution in [0.5, 0.6) is 0 Å². The van der Waals surface area contributed by atoms with Gasteiger partial charge in [0, 0.05) is 25.0 Å². The fourth-order valence-corrected chi connectivity index (χ4v) is 2.36. The molecule has 0 aliphatic heterocycles. The van der Waals surface area contributed by atoms with Crippen molar-refractivity contribution in [1.29, 1.82) is 0 Å². The molecule has 1 saturated carbocycles. The van der Waals surface area contributed by atoms with E-state index in [0.717, 1.165) is 31.0 Å². The van der Waals surface area contributed by atoms with Crippen LogP contribution < -0.4 is 5.32 Å². The molecule has 0 aromatic carbocycles. The third-order valence-electron chi connectivity index (χ3n) is 3.70. The Morgan fingerprint density at radius 1 is 1.44 bits per heavy atom. The predicted molar refractivity (Wildman–Crippen MR) is 66.2 cm³/mol. The number of nitrogens with one attached hydrogen (secondary N) is 1. The Hall–Kier alpha value is -0.830. The van der Waals surface area contributed by atoms with Crippen LogP contribution in [0.25, 0.3) is 0 Å². The third kappa shape index (κ3) is 3.08. The average molecular weight is 221 g/mol. The van der Waals surface area contributed by atoms with E-state index in [0.29, 0.717) is 0 Å². The molecule has 0 unspecified atom stereocenters. The van der Waals surface area contributed by atoms with E-state index in [-0.39, 0.29) is 0 Å². The van der Waals surface area contributed by atoms with Crippen molar-refractivity contribution in [1.82, 2.24) is 14.9 Å². The molecular formula is C13H23N3. The predicted octanol–water partition coefficient (Wildman–Crippen LogP) is 2.30. The van der Waals surface area contributed by atoms with Crippen molar-refractivity contribution in [2.45, 2.75) is 45.7 Å². The van der Waals surface area contributed by atoms with Gasteiger partial charge in [0.1, 0.15) is 0 Å². The minimum absolute atomic E-state index is 0.787. The van der Waals surface area contributed by atoms with Gasteiger partial charge < -0.3 is 9.88 Å². The standard InChI is InChI=1S/C13H23N3/c1-11(2)12-8-13(9-12)15-4-3-6-16-7-5-14-10-16/h5,7,10-13,15H,3-4,6,8-9H2,1-2H3. The summed E-state index contributed by atoms with van der Waals surface area (Å²) < 4.78 is 2.14. The lowest BCUT2D eigenvalue weighted by atomic mass is 9.74. The van der Waals surface area contributed by atoms with Crippen molar-refractivity contribution in [3.05, 3.63) is 18.7 Å². The first kappa shape index (κ1) is 11.6. The highest BCUT2D eigenvalue weighted by atomic mass is 15.0. The summed E-state index contributed by atoms with van der Waals surface area (Å²) in [4.78, 5) is 4.04. The van der Waals surface area contributed by atoms with Crippen molar-refractivity contribution < 1.29 is 0 Å². The quantitative estimate of drug-likeness (QED) is 0.747. The molecule has 1 fully saturated rings. The minimum Gasteiger partial charge on any atom is -0.337 e. The molecule has 90 valence electrons. The van der Waals surface area contributed by atoms with E-state index in [9.17, 15) is 0 Å². The van der Waals surface area contributed by atoms with Gasteiger partial charge in [-0.15, -0.1) is 0 Å². The molecule has 0 spiro atoms. The molecule has 1 aliphatic carbocycles. The Balaban J connectivity index is 1.50. The Kier molecular flexibility index (Phi) is 3.99. The van der Waals surface area contributed by atoms with E-state index in [1.165, 1.54) is 19.3 Å². The minimum atomic E-state index is 0.787. The molecule has 3 nitrogen and oxygen atoms in total. The monoisotopic (exact) mass is 221 g/mol. The van der Waals surface area contributed by atoms with Crippen LogP contribution in [-0.2, 0) is 6.54 Å². The first-order chi connectivity index (χ1) is 7.75. The van der Waals surface area contributed by atoms with Gasteiger partial charge in [-0.3, -0.25) is 0 Å². The Bertz CT molecular complexity index is 286. The van der Waals surface area contributed by atoms with Gasteiger partial charge in [0.05, 0.1) is 6.33 Å². The maximum absolute atomic E-state index is 4.04. The van der Waals surface area contributed by atoms with Gasteiger partial charge in [-0.1, -0.05) is 13.8 Å². The van der Waals surface area contributed by atoms with Crippen LogP contribution in [0.3, 0.4) is 0 Å². The number of hydrogen-bond donors (Lipinski definition) is 1. The molecule has 1 heterocycles. The second-order valence-corrected chi connectivity index (χ2v) is 5.28. The van der Waals surface area contributed by atoms with E-state index in [1.807, 2.05) is 18.7 Å². The van der Waals surface area contributed by atoms with E-state index >= 15 is 0 Å². The van der Waals surface area contributed by atoms with Crippen LogP contribution in [0.15, 0.2) is 18.7 Å². The molecule has 0 amide bonds. The van der Waals surface area contributed by atoms with Crippen LogP contribution in [0.4, 0.5) is 0 Å². The summed E-state index contributed by atoms with van der Waals surface area (Å²) in [6.07, 6.45) is 9.70. The Morgan fingerprint density at radius 3 is 2.88 bits per heavy atom. The van der Waals surface area contributed by atoms with Crippen LogP contribution in [0.1, 0.15) is 33.1 Å². The van der Waals surface area contributed by atoms with Crippen LogP contribution in [0, 0.1) is 11.8 Å². The first-order valence-corrected chi connectivity index (χ1v) is 6.45. The van der Waals surface area contributed by atoms with Crippen molar-refractivity contribution >= 4 is 0 Å². The lowest BCUT2D eigenvalue weighted by Crippen LogP contribution is -2.43. The van der Waals surface area contributed by atoms with Crippen molar-refractivity contribution in [2.75, 3.05) is 6.54 Å². The molecule has 0 atom stereocenters. The number of hydrogen-bond acceptors (Lipinski definition) is 2. The highest BCUT2D eigenvalue weighted by Crippen LogP contribution is 2.33. The zero-order valence-corrected chi connectivity index (χ0v) is 10.4. The van der Waals surface area contributed by atoms with E-state index < -0.39 is 0 Å². The number of aromatic nitrogens is 2. The smallest absolute Gasteiger partial charge is 0.0945 e. The summed E-state index contributed by atoms with van der Waals surface area (Å²) in [5, 5.41) is 3.63. The molecule has 0 saturated heterocycles. The third-order valence-corrected chi connectivity index (χ3v) is 3.70. The van der Waals surface area contributed by atoms with Crippen LogP contribution in [-0.4, -0.2) is 22.1 Å². The van der Waals surface area contributed by atoms with Crippen molar-refractivity contribution in [3.8, 4) is 0 Å². The summed E-state index contributed by atoms with van der Waals surface area (Å²) >= 11 is 0. The van der Waals surface area contributed by atoms with Gasteiger partial charge in [-0.25, -0.2) is 4.98 Å². The van der Waals surface area contributed by atoms with Crippen LogP contribution >= 0.6 is 0 Å². The van der Waals surface area contributed by atoms with Gasteiger partial charge >= 0.3 is 0 Å². The van der Waals surface area contributed by atoms with Gasteiger partial charge in [-0.05, 0) is 37.6 Å². The molecule has 3 heteroatoms. The summed E-state index contributed by atoms with van der Waals surface area (Å²) in [5.41, 5.74) is 0. The number of rotatable bonds is 6.